The summed E-state index contributed by atoms with van der Waals surface area (Å²) in [5.41, 5.74) is -2.76. The highest BCUT2D eigenvalue weighted by atomic mass is 79.9. The number of nitrogens with zero attached hydrogens (tertiary/aromatic N) is 1. The van der Waals surface area contributed by atoms with Crippen LogP contribution in [0.1, 0.15) is 16.8 Å². The summed E-state index contributed by atoms with van der Waals surface area (Å²) in [5, 5.41) is 8.28. The molecule has 0 spiro atoms. The largest absolute Gasteiger partial charge is 0.573 e. The molecule has 108 valence electrons. The summed E-state index contributed by atoms with van der Waals surface area (Å²) in [4.78, 5) is 3.14. The van der Waals surface area contributed by atoms with Crippen molar-refractivity contribution in [1.82, 2.24) is 4.98 Å². The van der Waals surface area contributed by atoms with E-state index in [2.05, 4.69) is 25.7 Å². The average molecular weight is 354 g/mol. The Morgan fingerprint density at radius 3 is 2.16 bits per heavy atom. The molecule has 3 nitrogen and oxygen atoms in total. The van der Waals surface area contributed by atoms with Crippen LogP contribution in [0, 0.1) is 0 Å². The SMILES string of the molecule is OCc1ncc(C(F)(F)F)c(CBr)c1OC(F)(F)F. The van der Waals surface area contributed by atoms with E-state index in [1.807, 2.05) is 0 Å². The molecule has 0 saturated heterocycles. The fourth-order valence-corrected chi connectivity index (χ4v) is 1.86. The molecule has 0 bridgehead atoms. The molecule has 10 heteroatoms. The molecule has 1 aromatic heterocycles. The number of ether oxygens (including phenoxy) is 1. The molecule has 1 heterocycles. The van der Waals surface area contributed by atoms with Crippen molar-refractivity contribution >= 4 is 15.9 Å². The molecular formula is C9H6BrF6NO2. The second-order valence-corrected chi connectivity index (χ2v) is 3.82. The third kappa shape index (κ3) is 3.96. The van der Waals surface area contributed by atoms with E-state index < -0.39 is 47.0 Å². The van der Waals surface area contributed by atoms with Gasteiger partial charge in [0, 0.05) is 17.1 Å². The summed E-state index contributed by atoms with van der Waals surface area (Å²) < 4.78 is 77.9. The first-order valence-electron chi connectivity index (χ1n) is 4.60. The highest BCUT2D eigenvalue weighted by Gasteiger charge is 2.39. The lowest BCUT2D eigenvalue weighted by Crippen LogP contribution is -2.21. The maximum atomic E-state index is 12.6. The highest BCUT2D eigenvalue weighted by Crippen LogP contribution is 2.39. The monoisotopic (exact) mass is 353 g/mol. The maximum Gasteiger partial charge on any atom is 0.573 e. The smallest absolute Gasteiger partial charge is 0.403 e. The minimum absolute atomic E-state index is 0.353. The zero-order valence-corrected chi connectivity index (χ0v) is 10.5. The van der Waals surface area contributed by atoms with Crippen molar-refractivity contribution in [2.24, 2.45) is 0 Å². The highest BCUT2D eigenvalue weighted by molar-refractivity contribution is 9.08. The molecule has 1 rings (SSSR count). The Bertz CT molecular complexity index is 459. The minimum Gasteiger partial charge on any atom is -0.403 e. The molecule has 0 aliphatic carbocycles. The fourth-order valence-electron chi connectivity index (χ4n) is 1.30. The van der Waals surface area contributed by atoms with E-state index >= 15 is 0 Å². The van der Waals surface area contributed by atoms with Crippen molar-refractivity contribution in [1.29, 1.82) is 0 Å². The summed E-state index contributed by atoms with van der Waals surface area (Å²) in [7, 11) is 0. The molecule has 0 radical (unpaired) electrons. The Morgan fingerprint density at radius 2 is 1.79 bits per heavy atom. The van der Waals surface area contributed by atoms with Gasteiger partial charge >= 0.3 is 12.5 Å². The van der Waals surface area contributed by atoms with Crippen LogP contribution in [0.15, 0.2) is 6.20 Å². The van der Waals surface area contributed by atoms with Gasteiger partial charge < -0.3 is 9.84 Å². The van der Waals surface area contributed by atoms with Crippen molar-refractivity contribution in [3.63, 3.8) is 0 Å². The molecule has 0 fully saturated rings. The summed E-state index contributed by atoms with van der Waals surface area (Å²) in [6, 6.07) is 0. The van der Waals surface area contributed by atoms with Crippen LogP contribution in [0.25, 0.3) is 0 Å². The van der Waals surface area contributed by atoms with E-state index in [4.69, 9.17) is 5.11 Å². The lowest BCUT2D eigenvalue weighted by atomic mass is 10.1. The molecular weight excluding hydrogens is 348 g/mol. The number of aliphatic hydroxyl groups excluding tert-OH is 1. The van der Waals surface area contributed by atoms with Crippen LogP contribution in [-0.2, 0) is 18.1 Å². The number of hydrogen-bond acceptors (Lipinski definition) is 3. The number of aliphatic hydroxyl groups is 1. The van der Waals surface area contributed by atoms with Gasteiger partial charge in [-0.25, -0.2) is 0 Å². The van der Waals surface area contributed by atoms with Gasteiger partial charge in [-0.05, 0) is 0 Å². The number of halogens is 7. The summed E-state index contributed by atoms with van der Waals surface area (Å²) >= 11 is 2.67. The lowest BCUT2D eigenvalue weighted by molar-refractivity contribution is -0.275. The molecule has 0 amide bonds. The molecule has 1 aromatic rings. The zero-order chi connectivity index (χ0) is 14.8. The molecule has 0 atom stereocenters. The minimum atomic E-state index is -5.19. The van der Waals surface area contributed by atoms with Gasteiger partial charge in [-0.15, -0.1) is 13.2 Å². The predicted octanol–water partition coefficient (Wildman–Crippen LogP) is 3.39. The standard InChI is InChI=1S/C9H6BrF6NO2/c10-1-4-5(8(11,12)13)2-17-6(3-18)7(4)19-9(14,15)16/h2,18H,1,3H2. The van der Waals surface area contributed by atoms with Crippen LogP contribution in [0.5, 0.6) is 5.75 Å². The van der Waals surface area contributed by atoms with Gasteiger partial charge in [-0.2, -0.15) is 13.2 Å². The van der Waals surface area contributed by atoms with Crippen molar-refractivity contribution in [2.45, 2.75) is 24.5 Å². The van der Waals surface area contributed by atoms with E-state index in [9.17, 15) is 26.3 Å². The number of aromatic nitrogens is 1. The second kappa shape index (κ2) is 5.53. The van der Waals surface area contributed by atoms with E-state index in [1.54, 1.807) is 0 Å². The summed E-state index contributed by atoms with van der Waals surface area (Å²) in [6.45, 7) is -0.983. The molecule has 0 unspecified atom stereocenters. The topological polar surface area (TPSA) is 42.4 Å². The molecule has 0 aromatic carbocycles. The zero-order valence-electron chi connectivity index (χ0n) is 8.94. The van der Waals surface area contributed by atoms with Gasteiger partial charge in [0.2, 0.25) is 0 Å². The quantitative estimate of drug-likeness (QED) is 0.669. The van der Waals surface area contributed by atoms with Gasteiger partial charge in [0.15, 0.2) is 5.75 Å². The summed E-state index contributed by atoms with van der Waals surface area (Å²) in [6.07, 6.45) is -9.72. The Kier molecular flexibility index (Phi) is 4.67. The van der Waals surface area contributed by atoms with E-state index in [0.717, 1.165) is 0 Å². The molecule has 19 heavy (non-hydrogen) atoms. The first-order chi connectivity index (χ1) is 8.60. The first-order valence-corrected chi connectivity index (χ1v) is 5.72. The van der Waals surface area contributed by atoms with Gasteiger partial charge in [-0.3, -0.25) is 4.98 Å². The van der Waals surface area contributed by atoms with Crippen molar-refractivity contribution in [2.75, 3.05) is 0 Å². The normalized spacial score (nSPS) is 12.6. The summed E-state index contributed by atoms with van der Waals surface area (Å²) in [5.74, 6) is -1.14. The van der Waals surface area contributed by atoms with Gasteiger partial charge in [-0.1, -0.05) is 15.9 Å². The van der Waals surface area contributed by atoms with Crippen LogP contribution in [0.2, 0.25) is 0 Å². The predicted molar refractivity (Wildman–Crippen MR) is 54.5 cm³/mol. The Balaban J connectivity index is 3.46. The first kappa shape index (κ1) is 16.0. The molecule has 1 N–H and O–H groups in total. The van der Waals surface area contributed by atoms with E-state index in [-0.39, 0.29) is 0 Å². The van der Waals surface area contributed by atoms with Crippen LogP contribution < -0.4 is 4.74 Å². The van der Waals surface area contributed by atoms with Crippen molar-refractivity contribution in [3.8, 4) is 5.75 Å². The van der Waals surface area contributed by atoms with Crippen LogP contribution >= 0.6 is 15.9 Å². The van der Waals surface area contributed by atoms with Crippen LogP contribution in [-0.4, -0.2) is 16.5 Å². The van der Waals surface area contributed by atoms with Gasteiger partial charge in [0.1, 0.15) is 5.69 Å². The third-order valence-electron chi connectivity index (χ3n) is 2.02. The lowest BCUT2D eigenvalue weighted by Gasteiger charge is -2.18. The average Bonchev–Trinajstić information content (AvgIpc) is 2.25. The Hall–Kier alpha value is -1.03. The van der Waals surface area contributed by atoms with Crippen molar-refractivity contribution in [3.05, 3.63) is 23.0 Å². The Morgan fingerprint density at radius 1 is 1.21 bits per heavy atom. The molecule has 0 aliphatic heterocycles. The third-order valence-corrected chi connectivity index (χ3v) is 2.58. The second-order valence-electron chi connectivity index (χ2n) is 3.26. The van der Waals surface area contributed by atoms with Crippen LogP contribution in [0.3, 0.4) is 0 Å². The fraction of sp³-hybridized carbons (Fsp3) is 0.444. The van der Waals surface area contributed by atoms with Crippen LogP contribution in [0.4, 0.5) is 26.3 Å². The molecule has 0 saturated carbocycles. The number of rotatable bonds is 3. The van der Waals surface area contributed by atoms with E-state index in [1.165, 1.54) is 0 Å². The molecule has 0 aliphatic rings. The van der Waals surface area contributed by atoms with Gasteiger partial charge in [0.25, 0.3) is 0 Å². The number of pyridine rings is 1. The number of alkyl halides is 7. The van der Waals surface area contributed by atoms with E-state index in [0.29, 0.717) is 6.20 Å². The maximum absolute atomic E-state index is 12.6. The van der Waals surface area contributed by atoms with Gasteiger partial charge in [0.05, 0.1) is 12.2 Å². The Labute approximate surface area is 111 Å². The number of hydrogen-bond donors (Lipinski definition) is 1. The van der Waals surface area contributed by atoms with Crippen molar-refractivity contribution < 1.29 is 36.2 Å².